The van der Waals surface area contributed by atoms with Crippen LogP contribution in [0, 0.1) is 11.6 Å². The number of nitrogens with two attached hydrogens (primary N) is 1. The average Bonchev–Trinajstić information content (AvgIpc) is 2.78. The van der Waals surface area contributed by atoms with Crippen LogP contribution in [0.5, 0.6) is 0 Å². The van der Waals surface area contributed by atoms with E-state index in [4.69, 9.17) is 5.73 Å². The highest BCUT2D eigenvalue weighted by Crippen LogP contribution is 2.37. The van der Waals surface area contributed by atoms with Crippen molar-refractivity contribution in [2.24, 2.45) is 0 Å². The summed E-state index contributed by atoms with van der Waals surface area (Å²) in [5.41, 5.74) is 5.80. The largest absolute Gasteiger partial charge is 0.398 e. The predicted molar refractivity (Wildman–Crippen MR) is 69.1 cm³/mol. The summed E-state index contributed by atoms with van der Waals surface area (Å²) < 4.78 is 27.2. The molecule has 1 aromatic carbocycles. The Balaban J connectivity index is 2.31. The molecule has 2 aromatic rings. The molecule has 0 saturated carbocycles. The number of nitrogens with zero attached hydrogens (tertiary/aromatic N) is 3. The molecule has 0 aliphatic rings. The van der Waals surface area contributed by atoms with Crippen LogP contribution in [-0.4, -0.2) is 24.3 Å². The summed E-state index contributed by atoms with van der Waals surface area (Å²) in [4.78, 5) is 1.82. The summed E-state index contributed by atoms with van der Waals surface area (Å²) in [6.45, 7) is 0. The molecule has 0 unspecified atom stereocenters. The molecule has 0 bridgehead atoms. The third-order valence-electron chi connectivity index (χ3n) is 2.05. The summed E-state index contributed by atoms with van der Waals surface area (Å²) in [5, 5.41) is 8.49. The van der Waals surface area contributed by atoms with E-state index in [9.17, 15) is 8.78 Å². The summed E-state index contributed by atoms with van der Waals surface area (Å²) >= 11 is 2.25. The Bertz CT molecular complexity index is 571. The number of benzene rings is 1. The molecule has 8 heteroatoms. The Morgan fingerprint density at radius 1 is 1.28 bits per heavy atom. The van der Waals surface area contributed by atoms with Crippen molar-refractivity contribution in [3.8, 4) is 0 Å². The Hall–Kier alpha value is -1.41. The van der Waals surface area contributed by atoms with E-state index in [1.54, 1.807) is 4.90 Å². The zero-order valence-electron chi connectivity index (χ0n) is 9.65. The molecule has 1 aromatic heterocycles. The number of halogens is 2. The summed E-state index contributed by atoms with van der Waals surface area (Å²) in [5.74, 6) is -1.88. The maximum atomic E-state index is 13.6. The number of hydrogen-bond acceptors (Lipinski definition) is 6. The van der Waals surface area contributed by atoms with Crippen LogP contribution >= 0.6 is 23.1 Å². The van der Waals surface area contributed by atoms with Gasteiger partial charge in [-0.25, -0.2) is 8.78 Å². The standard InChI is InChI=1S/C10H10F2N4S2/c1-16(2)9-14-15-10(18-9)17-8-6(13)4-3-5(11)7(8)12/h3-4H,13H2,1-2H3. The molecule has 0 atom stereocenters. The summed E-state index contributed by atoms with van der Waals surface area (Å²) in [6, 6.07) is 2.33. The van der Waals surface area contributed by atoms with Crippen molar-refractivity contribution in [1.82, 2.24) is 10.2 Å². The zero-order chi connectivity index (χ0) is 13.3. The van der Waals surface area contributed by atoms with Gasteiger partial charge in [0.05, 0.1) is 4.90 Å². The van der Waals surface area contributed by atoms with Gasteiger partial charge in [0.15, 0.2) is 16.0 Å². The molecule has 0 aliphatic heterocycles. The maximum Gasteiger partial charge on any atom is 0.208 e. The number of nitrogen functional groups attached to an aromatic ring is 1. The monoisotopic (exact) mass is 288 g/mol. The molecule has 4 nitrogen and oxygen atoms in total. The number of anilines is 2. The molecule has 2 N–H and O–H groups in total. The first-order valence-electron chi connectivity index (χ1n) is 4.91. The Morgan fingerprint density at radius 3 is 2.61 bits per heavy atom. The van der Waals surface area contributed by atoms with Crippen molar-refractivity contribution in [1.29, 1.82) is 0 Å². The first-order valence-corrected chi connectivity index (χ1v) is 6.54. The fraction of sp³-hybridized carbons (Fsp3) is 0.200. The lowest BCUT2D eigenvalue weighted by Crippen LogP contribution is -2.07. The van der Waals surface area contributed by atoms with Crippen LogP contribution in [0.1, 0.15) is 0 Å². The molecule has 0 spiro atoms. The van der Waals surface area contributed by atoms with E-state index in [2.05, 4.69) is 10.2 Å². The molecule has 0 aliphatic carbocycles. The maximum absolute atomic E-state index is 13.6. The van der Waals surface area contributed by atoms with Gasteiger partial charge in [0.1, 0.15) is 0 Å². The van der Waals surface area contributed by atoms with Crippen molar-refractivity contribution in [2.45, 2.75) is 9.24 Å². The van der Waals surface area contributed by atoms with E-state index in [-0.39, 0.29) is 10.6 Å². The second-order valence-corrected chi connectivity index (χ2v) is 5.84. The molecule has 96 valence electrons. The van der Waals surface area contributed by atoms with Gasteiger partial charge in [-0.3, -0.25) is 0 Å². The molecule has 0 radical (unpaired) electrons. The smallest absolute Gasteiger partial charge is 0.208 e. The van der Waals surface area contributed by atoms with E-state index in [0.29, 0.717) is 9.47 Å². The highest BCUT2D eigenvalue weighted by atomic mass is 32.2. The van der Waals surface area contributed by atoms with Crippen molar-refractivity contribution >= 4 is 33.9 Å². The van der Waals surface area contributed by atoms with Gasteiger partial charge in [0, 0.05) is 19.8 Å². The highest BCUT2D eigenvalue weighted by molar-refractivity contribution is 8.01. The number of rotatable bonds is 3. The van der Waals surface area contributed by atoms with Crippen LogP contribution in [0.2, 0.25) is 0 Å². The third kappa shape index (κ3) is 2.54. The summed E-state index contributed by atoms with van der Waals surface area (Å²) in [7, 11) is 3.65. The van der Waals surface area contributed by atoms with Crippen LogP contribution in [0.15, 0.2) is 21.4 Å². The van der Waals surface area contributed by atoms with E-state index in [1.165, 1.54) is 17.4 Å². The minimum atomic E-state index is -0.957. The Kier molecular flexibility index (Phi) is 3.67. The molecule has 0 amide bonds. The van der Waals surface area contributed by atoms with Crippen molar-refractivity contribution < 1.29 is 8.78 Å². The normalized spacial score (nSPS) is 10.7. The van der Waals surface area contributed by atoms with Gasteiger partial charge in [0.25, 0.3) is 0 Å². The van der Waals surface area contributed by atoms with Gasteiger partial charge in [-0.2, -0.15) is 0 Å². The van der Waals surface area contributed by atoms with E-state index < -0.39 is 11.6 Å². The third-order valence-corrected chi connectivity index (χ3v) is 4.31. The lowest BCUT2D eigenvalue weighted by molar-refractivity contribution is 0.492. The molecular weight excluding hydrogens is 278 g/mol. The van der Waals surface area contributed by atoms with E-state index in [0.717, 1.165) is 17.8 Å². The van der Waals surface area contributed by atoms with Crippen molar-refractivity contribution in [3.05, 3.63) is 23.8 Å². The minimum Gasteiger partial charge on any atom is -0.398 e. The van der Waals surface area contributed by atoms with Gasteiger partial charge in [-0.15, -0.1) is 10.2 Å². The SMILES string of the molecule is CN(C)c1nnc(Sc2c(N)ccc(F)c2F)s1. The second kappa shape index (κ2) is 5.07. The van der Waals surface area contributed by atoms with Crippen LogP contribution in [0.25, 0.3) is 0 Å². The average molecular weight is 288 g/mol. The first kappa shape index (κ1) is 13.0. The summed E-state index contributed by atoms with van der Waals surface area (Å²) in [6.07, 6.45) is 0. The fourth-order valence-electron chi connectivity index (χ4n) is 1.16. The second-order valence-electron chi connectivity index (χ2n) is 3.63. The Morgan fingerprint density at radius 2 is 2.00 bits per heavy atom. The van der Waals surface area contributed by atoms with Gasteiger partial charge in [0.2, 0.25) is 5.13 Å². The van der Waals surface area contributed by atoms with Gasteiger partial charge in [-0.05, 0) is 12.1 Å². The van der Waals surface area contributed by atoms with Gasteiger partial charge >= 0.3 is 0 Å². The zero-order valence-corrected chi connectivity index (χ0v) is 11.3. The topological polar surface area (TPSA) is 55.0 Å². The minimum absolute atomic E-state index is 0.0384. The molecule has 0 fully saturated rings. The lowest BCUT2D eigenvalue weighted by Gasteiger charge is -2.05. The molecule has 2 rings (SSSR count). The van der Waals surface area contributed by atoms with Crippen LogP contribution in [-0.2, 0) is 0 Å². The fourth-order valence-corrected chi connectivity index (χ4v) is 2.93. The van der Waals surface area contributed by atoms with E-state index >= 15 is 0 Å². The molecule has 18 heavy (non-hydrogen) atoms. The van der Waals surface area contributed by atoms with E-state index in [1.807, 2.05) is 14.1 Å². The molecular formula is C10H10F2N4S2. The van der Waals surface area contributed by atoms with Crippen molar-refractivity contribution in [2.75, 3.05) is 24.7 Å². The lowest BCUT2D eigenvalue weighted by atomic mass is 10.3. The quantitative estimate of drug-likeness (QED) is 0.880. The number of aromatic nitrogens is 2. The number of hydrogen-bond donors (Lipinski definition) is 1. The van der Waals surface area contributed by atoms with Crippen LogP contribution in [0.3, 0.4) is 0 Å². The molecule has 1 heterocycles. The Labute approximate surface area is 111 Å². The highest BCUT2D eigenvalue weighted by Gasteiger charge is 2.16. The van der Waals surface area contributed by atoms with Crippen LogP contribution in [0.4, 0.5) is 19.6 Å². The molecule has 0 saturated heterocycles. The first-order chi connectivity index (χ1) is 8.49. The van der Waals surface area contributed by atoms with Gasteiger partial charge < -0.3 is 10.6 Å². The predicted octanol–water partition coefficient (Wildman–Crippen LogP) is 2.62. The van der Waals surface area contributed by atoms with Crippen molar-refractivity contribution in [3.63, 3.8) is 0 Å². The van der Waals surface area contributed by atoms with Gasteiger partial charge in [-0.1, -0.05) is 23.1 Å². The van der Waals surface area contributed by atoms with Crippen LogP contribution < -0.4 is 10.6 Å².